The van der Waals surface area contributed by atoms with Gasteiger partial charge in [0.15, 0.2) is 19.7 Å². The molecule has 0 aromatic heterocycles. The molecular weight excluding hydrogens is 298 g/mol. The largest absolute Gasteiger partial charge is 0.377 e. The van der Waals surface area contributed by atoms with Crippen LogP contribution in [0.2, 0.25) is 0 Å². The Morgan fingerprint density at radius 3 is 2.60 bits per heavy atom. The second-order valence-electron chi connectivity index (χ2n) is 4.72. The minimum atomic E-state index is -3.35. The highest BCUT2D eigenvalue weighted by Gasteiger charge is 2.24. The first kappa shape index (κ1) is 15.1. The molecule has 0 fully saturated rings. The van der Waals surface area contributed by atoms with Crippen molar-refractivity contribution in [3.8, 4) is 0 Å². The Bertz CT molecular complexity index is 720. The van der Waals surface area contributed by atoms with Gasteiger partial charge in [0.1, 0.15) is 0 Å². The summed E-state index contributed by atoms with van der Waals surface area (Å²) in [7, 11) is -6.51. The zero-order chi connectivity index (χ0) is 14.8. The van der Waals surface area contributed by atoms with E-state index in [1.54, 1.807) is 37.3 Å². The zero-order valence-electron chi connectivity index (χ0n) is 11.1. The van der Waals surface area contributed by atoms with Gasteiger partial charge in [0.2, 0.25) is 0 Å². The van der Waals surface area contributed by atoms with Crippen molar-refractivity contribution < 1.29 is 16.8 Å². The summed E-state index contributed by atoms with van der Waals surface area (Å²) in [6.07, 6.45) is 2.08. The van der Waals surface area contributed by atoms with E-state index in [9.17, 15) is 16.8 Å². The third-order valence-corrected chi connectivity index (χ3v) is 6.33. The van der Waals surface area contributed by atoms with Crippen molar-refractivity contribution in [1.29, 1.82) is 0 Å². The van der Waals surface area contributed by atoms with Gasteiger partial charge in [-0.1, -0.05) is 25.1 Å². The molecule has 0 spiro atoms. The molecule has 1 heterocycles. The molecule has 0 amide bonds. The molecule has 5 nitrogen and oxygen atoms in total. The summed E-state index contributed by atoms with van der Waals surface area (Å²) in [5.41, 5.74) is 0.452. The van der Waals surface area contributed by atoms with Gasteiger partial charge in [0.25, 0.3) is 0 Å². The predicted octanol–water partition coefficient (Wildman–Crippen LogP) is 1.59. The second-order valence-corrected chi connectivity index (χ2v) is 8.73. The summed E-state index contributed by atoms with van der Waals surface area (Å²) in [6.45, 7) is 1.81. The van der Waals surface area contributed by atoms with E-state index in [1.807, 2.05) is 0 Å². The van der Waals surface area contributed by atoms with Crippen LogP contribution in [0.1, 0.15) is 13.3 Å². The molecule has 110 valence electrons. The number of sulfone groups is 2. The van der Waals surface area contributed by atoms with Gasteiger partial charge in [0, 0.05) is 5.41 Å². The fourth-order valence-corrected chi connectivity index (χ4v) is 4.84. The molecule has 1 aromatic carbocycles. The lowest BCUT2D eigenvalue weighted by atomic mass is 10.2. The molecule has 0 bridgehead atoms. The molecule has 0 radical (unpaired) electrons. The van der Waals surface area contributed by atoms with Gasteiger partial charge in [-0.15, -0.1) is 0 Å². The number of rotatable bonds is 5. The minimum absolute atomic E-state index is 0.0465. The van der Waals surface area contributed by atoms with Crippen LogP contribution in [0.3, 0.4) is 0 Å². The first-order valence-electron chi connectivity index (χ1n) is 6.33. The Balaban J connectivity index is 2.28. The Hall–Kier alpha value is -1.34. The lowest BCUT2D eigenvalue weighted by Gasteiger charge is -2.15. The summed E-state index contributed by atoms with van der Waals surface area (Å²) in [5, 5.41) is 4.15. The van der Waals surface area contributed by atoms with Crippen LogP contribution in [0, 0.1) is 0 Å². The van der Waals surface area contributed by atoms with Gasteiger partial charge in [-0.3, -0.25) is 0 Å². The number of hydrogen-bond donors (Lipinski definition) is 1. The van der Waals surface area contributed by atoms with Crippen molar-refractivity contribution in [2.45, 2.75) is 24.3 Å². The van der Waals surface area contributed by atoms with Crippen molar-refractivity contribution in [1.82, 2.24) is 0 Å². The van der Waals surface area contributed by atoms with Gasteiger partial charge in [-0.2, -0.15) is 0 Å². The summed E-state index contributed by atoms with van der Waals surface area (Å²) < 4.78 is 47.1. The molecule has 20 heavy (non-hydrogen) atoms. The highest BCUT2D eigenvalue weighted by atomic mass is 32.2. The number of hydrogen-bond acceptors (Lipinski definition) is 5. The Labute approximate surface area is 119 Å². The van der Waals surface area contributed by atoms with Crippen molar-refractivity contribution in [2.24, 2.45) is 0 Å². The number of nitrogens with one attached hydrogen (secondary N) is 1. The van der Waals surface area contributed by atoms with Crippen molar-refractivity contribution >= 4 is 25.4 Å². The Morgan fingerprint density at radius 2 is 2.00 bits per heavy atom. The zero-order valence-corrected chi connectivity index (χ0v) is 12.7. The van der Waals surface area contributed by atoms with Crippen molar-refractivity contribution in [2.75, 3.05) is 16.8 Å². The van der Waals surface area contributed by atoms with E-state index in [1.165, 1.54) is 0 Å². The number of anilines is 1. The quantitative estimate of drug-likeness (QED) is 0.892. The molecule has 1 aliphatic rings. The van der Waals surface area contributed by atoms with E-state index in [2.05, 4.69) is 5.32 Å². The van der Waals surface area contributed by atoms with Crippen LogP contribution < -0.4 is 5.32 Å². The molecule has 1 N–H and O–H groups in total. The smallest absolute Gasteiger partial charge is 0.180 e. The van der Waals surface area contributed by atoms with Gasteiger partial charge >= 0.3 is 0 Å². The van der Waals surface area contributed by atoms with Gasteiger partial charge in [-0.05, 0) is 18.6 Å². The van der Waals surface area contributed by atoms with Crippen molar-refractivity contribution in [3.63, 3.8) is 0 Å². The van der Waals surface area contributed by atoms with E-state index in [0.29, 0.717) is 12.1 Å². The van der Waals surface area contributed by atoms with Crippen LogP contribution in [-0.2, 0) is 19.7 Å². The normalized spacial score (nSPS) is 20.9. The van der Waals surface area contributed by atoms with Crippen molar-refractivity contribution in [3.05, 3.63) is 35.7 Å². The fraction of sp³-hybridized carbons (Fsp3) is 0.385. The average molecular weight is 315 g/mol. The molecule has 0 aliphatic carbocycles. The molecule has 1 aliphatic heterocycles. The van der Waals surface area contributed by atoms with Crippen LogP contribution in [-0.4, -0.2) is 34.4 Å². The third kappa shape index (κ3) is 3.40. The summed E-state index contributed by atoms with van der Waals surface area (Å²) in [5.74, 6) is 0.0274. The lowest BCUT2D eigenvalue weighted by Crippen LogP contribution is -2.22. The number of benzene rings is 1. The molecule has 1 atom stereocenters. The van der Waals surface area contributed by atoms with E-state index in [0.717, 1.165) is 5.41 Å². The van der Waals surface area contributed by atoms with Crippen LogP contribution in [0.5, 0.6) is 0 Å². The second kappa shape index (κ2) is 5.57. The summed E-state index contributed by atoms with van der Waals surface area (Å²) in [6, 6.07) is 6.19. The van der Waals surface area contributed by atoms with Gasteiger partial charge in [-0.25, -0.2) is 16.8 Å². The Kier molecular flexibility index (Phi) is 4.19. The SMILES string of the molecule is CCCS(=O)(=O)c1ccccc1NC1C=CS(=O)(=O)C1. The van der Waals surface area contributed by atoms with Gasteiger partial charge < -0.3 is 5.32 Å². The summed E-state index contributed by atoms with van der Waals surface area (Å²) >= 11 is 0. The maximum atomic E-state index is 12.2. The monoisotopic (exact) mass is 315 g/mol. The van der Waals surface area contributed by atoms with E-state index in [-0.39, 0.29) is 16.4 Å². The molecule has 0 saturated heterocycles. The maximum absolute atomic E-state index is 12.2. The highest BCUT2D eigenvalue weighted by Crippen LogP contribution is 2.24. The fourth-order valence-electron chi connectivity index (χ4n) is 2.10. The standard InChI is InChI=1S/C13H17NO4S2/c1-2-8-20(17,18)13-6-4-3-5-12(13)14-11-7-9-19(15,16)10-11/h3-7,9,11,14H,2,8,10H2,1H3. The first-order valence-corrected chi connectivity index (χ1v) is 9.70. The lowest BCUT2D eigenvalue weighted by molar-refractivity contribution is 0.595. The summed E-state index contributed by atoms with van der Waals surface area (Å²) in [4.78, 5) is 0.222. The minimum Gasteiger partial charge on any atom is -0.377 e. The maximum Gasteiger partial charge on any atom is 0.180 e. The first-order chi connectivity index (χ1) is 9.34. The highest BCUT2D eigenvalue weighted by molar-refractivity contribution is 7.94. The van der Waals surface area contributed by atoms with E-state index in [4.69, 9.17) is 0 Å². The van der Waals surface area contributed by atoms with Crippen LogP contribution in [0.25, 0.3) is 0 Å². The molecule has 1 unspecified atom stereocenters. The van der Waals surface area contributed by atoms with Crippen LogP contribution in [0.4, 0.5) is 5.69 Å². The van der Waals surface area contributed by atoms with Crippen LogP contribution in [0.15, 0.2) is 40.6 Å². The predicted molar refractivity (Wildman–Crippen MR) is 79.1 cm³/mol. The van der Waals surface area contributed by atoms with Gasteiger partial charge in [0.05, 0.1) is 28.1 Å². The number of para-hydroxylation sites is 1. The molecule has 0 saturated carbocycles. The topological polar surface area (TPSA) is 80.3 Å². The third-order valence-electron chi connectivity index (χ3n) is 2.97. The average Bonchev–Trinajstić information content (AvgIpc) is 2.69. The Morgan fingerprint density at radius 1 is 1.30 bits per heavy atom. The molecular formula is C13H17NO4S2. The van der Waals surface area contributed by atoms with E-state index >= 15 is 0 Å². The molecule has 1 aromatic rings. The van der Waals surface area contributed by atoms with E-state index < -0.39 is 25.7 Å². The van der Waals surface area contributed by atoms with Crippen LogP contribution >= 0.6 is 0 Å². The molecule has 2 rings (SSSR count). The molecule has 7 heteroatoms.